The first-order valence-electron chi connectivity index (χ1n) is 22.7. The van der Waals surface area contributed by atoms with E-state index in [0.717, 1.165) is 12.8 Å². The Morgan fingerprint density at radius 3 is 1.53 bits per heavy atom. The Morgan fingerprint density at radius 1 is 0.391 bits per heavy atom. The van der Waals surface area contributed by atoms with Crippen LogP contribution < -0.4 is 25.5 Å². The molecule has 0 bridgehead atoms. The number of anilines is 6. The van der Waals surface area contributed by atoms with Crippen molar-refractivity contribution < 1.29 is 0 Å². The molecule has 3 heterocycles. The van der Waals surface area contributed by atoms with E-state index < -0.39 is 0 Å². The largest absolute Gasteiger partial charge is 0.311 e. The summed E-state index contributed by atoms with van der Waals surface area (Å²) in [7, 11) is 0. The number of hydrogen-bond donors (Lipinski definition) is 0. The number of hydrogen-bond acceptors (Lipinski definition) is 3. The van der Waals surface area contributed by atoms with Crippen LogP contribution in [0.2, 0.25) is 0 Å². The van der Waals surface area contributed by atoms with Crippen molar-refractivity contribution in [3.05, 3.63) is 199 Å². The highest BCUT2D eigenvalue weighted by atomic mass is 32.1. The van der Waals surface area contributed by atoms with Crippen LogP contribution in [0.4, 0.5) is 34.1 Å². The van der Waals surface area contributed by atoms with Crippen molar-refractivity contribution in [1.82, 2.24) is 0 Å². The average molecular weight is 833 g/mol. The standard InChI is InChI=1S/C60H41BN2S/c1-3-36-28-32-56-50(33-36)59-60(64-56)61-51-34-37(4-2)27-31-52(51)62(38-29-30-46-41-17-6-5-15-39(41)40-16-8-10-21-45(40)49(46)35-38)54-25-14-26-55(58(54)61)63(59)53-24-13-23-48-44-19-9-7-18-42(44)43-20-11-12-22-47(43)57(48)53/h5-35H,3-4H2,1-2H3. The van der Waals surface area contributed by atoms with Crippen molar-refractivity contribution in [2.24, 2.45) is 0 Å². The van der Waals surface area contributed by atoms with Crippen molar-refractivity contribution in [3.8, 4) is 0 Å². The van der Waals surface area contributed by atoms with Gasteiger partial charge in [0, 0.05) is 43.0 Å². The van der Waals surface area contributed by atoms with E-state index in [1.54, 1.807) is 0 Å². The highest BCUT2D eigenvalue weighted by molar-refractivity contribution is 7.33. The minimum absolute atomic E-state index is 0.0652. The molecule has 4 heteroatoms. The van der Waals surface area contributed by atoms with Gasteiger partial charge in [0.1, 0.15) is 0 Å². The highest BCUT2D eigenvalue weighted by Crippen LogP contribution is 2.51. The van der Waals surface area contributed by atoms with Gasteiger partial charge in [-0.25, -0.2) is 0 Å². The Balaban J connectivity index is 1.11. The fourth-order valence-electron chi connectivity index (χ4n) is 11.6. The highest BCUT2D eigenvalue weighted by Gasteiger charge is 2.45. The van der Waals surface area contributed by atoms with Gasteiger partial charge in [-0.2, -0.15) is 0 Å². The molecule has 14 rings (SSSR count). The van der Waals surface area contributed by atoms with Gasteiger partial charge < -0.3 is 9.80 Å². The van der Waals surface area contributed by atoms with Gasteiger partial charge in [0.2, 0.25) is 0 Å². The lowest BCUT2D eigenvalue weighted by Crippen LogP contribution is -2.60. The fraction of sp³-hybridized carbons (Fsp3) is 0.0667. The molecular formula is C60H41BN2S. The zero-order valence-electron chi connectivity index (χ0n) is 35.7. The smallest absolute Gasteiger partial charge is 0.264 e. The third kappa shape index (κ3) is 4.86. The maximum atomic E-state index is 2.67. The summed E-state index contributed by atoms with van der Waals surface area (Å²) in [5, 5.41) is 16.8. The van der Waals surface area contributed by atoms with E-state index in [9.17, 15) is 0 Å². The minimum Gasteiger partial charge on any atom is -0.311 e. The molecule has 2 aliphatic heterocycles. The lowest BCUT2D eigenvalue weighted by molar-refractivity contribution is 1.14. The Morgan fingerprint density at radius 2 is 0.891 bits per heavy atom. The van der Waals surface area contributed by atoms with Crippen molar-refractivity contribution >= 4 is 143 Å². The number of fused-ring (bicyclic) bond motifs is 18. The molecule has 0 fully saturated rings. The minimum atomic E-state index is 0.0652. The summed E-state index contributed by atoms with van der Waals surface area (Å²) in [5.74, 6) is 0. The molecule has 64 heavy (non-hydrogen) atoms. The second kappa shape index (κ2) is 13.6. The van der Waals surface area contributed by atoms with Crippen molar-refractivity contribution in [3.63, 3.8) is 0 Å². The van der Waals surface area contributed by atoms with Gasteiger partial charge >= 0.3 is 0 Å². The summed E-state index contributed by atoms with van der Waals surface area (Å²) in [6, 6.07) is 71.6. The predicted octanol–water partition coefficient (Wildman–Crippen LogP) is 15.0. The maximum absolute atomic E-state index is 2.67. The molecule has 2 nitrogen and oxygen atoms in total. The molecule has 0 radical (unpaired) electrons. The van der Waals surface area contributed by atoms with Crippen LogP contribution in [0.1, 0.15) is 25.0 Å². The Bertz CT molecular complexity index is 3900. The maximum Gasteiger partial charge on any atom is 0.264 e. The topological polar surface area (TPSA) is 6.48 Å². The van der Waals surface area contributed by atoms with Crippen molar-refractivity contribution in [1.29, 1.82) is 0 Å². The van der Waals surface area contributed by atoms with E-state index >= 15 is 0 Å². The Hall–Kier alpha value is -7.40. The molecule has 0 unspecified atom stereocenters. The number of aryl methyl sites for hydroxylation is 2. The third-order valence-electron chi connectivity index (χ3n) is 14.5. The molecule has 0 amide bonds. The van der Waals surface area contributed by atoms with E-state index in [2.05, 4.69) is 212 Å². The summed E-state index contributed by atoms with van der Waals surface area (Å²) in [6.45, 7) is 4.63. The molecule has 0 spiro atoms. The van der Waals surface area contributed by atoms with Gasteiger partial charge in [0.15, 0.2) is 0 Å². The van der Waals surface area contributed by atoms with Crippen molar-refractivity contribution in [2.75, 3.05) is 9.80 Å². The van der Waals surface area contributed by atoms with Gasteiger partial charge in [0.05, 0.1) is 11.4 Å². The molecule has 0 saturated carbocycles. The number of benzene rings is 11. The molecule has 12 aromatic rings. The van der Waals surface area contributed by atoms with Crippen molar-refractivity contribution in [2.45, 2.75) is 26.7 Å². The summed E-state index contributed by atoms with van der Waals surface area (Å²) < 4.78 is 2.75. The zero-order chi connectivity index (χ0) is 42.2. The lowest BCUT2D eigenvalue weighted by atomic mass is 9.36. The van der Waals surface area contributed by atoms with E-state index in [0.29, 0.717) is 0 Å². The molecule has 11 aromatic carbocycles. The van der Waals surface area contributed by atoms with E-state index in [-0.39, 0.29) is 6.71 Å². The molecule has 0 N–H and O–H groups in total. The van der Waals surface area contributed by atoms with Crippen LogP contribution >= 0.6 is 11.3 Å². The summed E-state index contributed by atoms with van der Waals surface area (Å²) in [4.78, 5) is 5.24. The molecule has 0 aliphatic carbocycles. The van der Waals surface area contributed by atoms with Crippen LogP contribution in [0.5, 0.6) is 0 Å². The van der Waals surface area contributed by atoms with Gasteiger partial charge in [-0.15, -0.1) is 11.3 Å². The molecule has 0 saturated heterocycles. The zero-order valence-corrected chi connectivity index (χ0v) is 36.5. The van der Waals surface area contributed by atoms with Gasteiger partial charge in [-0.3, -0.25) is 0 Å². The lowest BCUT2D eigenvalue weighted by Gasteiger charge is -2.43. The van der Waals surface area contributed by atoms with Gasteiger partial charge in [0.25, 0.3) is 6.71 Å². The first kappa shape index (κ1) is 36.1. The predicted molar refractivity (Wildman–Crippen MR) is 280 cm³/mol. The van der Waals surface area contributed by atoms with E-state index in [1.165, 1.54) is 136 Å². The third-order valence-corrected chi connectivity index (χ3v) is 15.7. The Kier molecular flexibility index (Phi) is 7.65. The monoisotopic (exact) mass is 832 g/mol. The quantitative estimate of drug-likeness (QED) is 0.129. The van der Waals surface area contributed by atoms with E-state index in [4.69, 9.17) is 0 Å². The van der Waals surface area contributed by atoms with Gasteiger partial charge in [-0.1, -0.05) is 153 Å². The number of nitrogens with zero attached hydrogens (tertiary/aromatic N) is 2. The van der Waals surface area contributed by atoms with Crippen LogP contribution in [0.15, 0.2) is 188 Å². The van der Waals surface area contributed by atoms with Crippen LogP contribution in [0.25, 0.3) is 74.7 Å². The molecular weight excluding hydrogens is 792 g/mol. The molecule has 2 aliphatic rings. The Labute approximate surface area is 376 Å². The SMILES string of the molecule is CCc1ccc2c(c1)B1c3sc4ccc(CC)cc4c3N(c3cccc4c5ccccc5c5ccccc5c34)c3cccc(c31)N2c1ccc2c3ccccc3c3ccccc3c2c1. The molecule has 1 aromatic heterocycles. The second-order valence-electron chi connectivity index (χ2n) is 17.7. The van der Waals surface area contributed by atoms with Crippen LogP contribution in [-0.2, 0) is 12.8 Å². The summed E-state index contributed by atoms with van der Waals surface area (Å²) >= 11 is 1.99. The van der Waals surface area contributed by atoms with Crippen LogP contribution in [0.3, 0.4) is 0 Å². The number of rotatable bonds is 4. The fourth-order valence-corrected chi connectivity index (χ4v) is 12.9. The summed E-state index contributed by atoms with van der Waals surface area (Å²) in [6.07, 6.45) is 1.97. The second-order valence-corrected chi connectivity index (χ2v) is 18.8. The summed E-state index contributed by atoms with van der Waals surface area (Å²) in [5.41, 5.74) is 12.9. The molecule has 300 valence electrons. The van der Waals surface area contributed by atoms with Crippen LogP contribution in [-0.4, -0.2) is 6.71 Å². The first-order valence-corrected chi connectivity index (χ1v) is 23.6. The normalized spacial score (nSPS) is 13.2. The van der Waals surface area contributed by atoms with Gasteiger partial charge in [-0.05, 0) is 143 Å². The van der Waals surface area contributed by atoms with E-state index in [1.807, 2.05) is 11.3 Å². The van der Waals surface area contributed by atoms with Crippen LogP contribution in [0, 0.1) is 0 Å². The molecule has 0 atom stereocenters. The number of thiophene rings is 1. The average Bonchev–Trinajstić information content (AvgIpc) is 3.74. The first-order chi connectivity index (χ1) is 31.7.